The van der Waals surface area contributed by atoms with Crippen molar-refractivity contribution < 1.29 is 0 Å². The fraction of sp³-hybridized carbons (Fsp3) is 0.0137. The molecule has 12 aromatic carbocycles. The van der Waals surface area contributed by atoms with Crippen LogP contribution in [0.2, 0.25) is 0 Å². The largest absolute Gasteiger partial charge is 0.310 e. The molecule has 0 atom stereocenters. The van der Waals surface area contributed by atoms with E-state index in [4.69, 9.17) is 0 Å². The molecule has 1 aliphatic carbocycles. The van der Waals surface area contributed by atoms with E-state index < -0.39 is 5.41 Å². The van der Waals surface area contributed by atoms with Crippen molar-refractivity contribution in [2.24, 2.45) is 0 Å². The molecule has 0 radical (unpaired) electrons. The number of fused-ring (bicyclic) bond motifs is 9. The van der Waals surface area contributed by atoms with Gasteiger partial charge in [-0.1, -0.05) is 200 Å². The average molecular weight is 968 g/mol. The van der Waals surface area contributed by atoms with Gasteiger partial charge in [-0.2, -0.15) is 0 Å². The first kappa shape index (κ1) is 43.6. The number of aromatic nitrogens is 2. The summed E-state index contributed by atoms with van der Waals surface area (Å²) in [7, 11) is 0. The third kappa shape index (κ3) is 6.69. The van der Waals surface area contributed by atoms with Crippen LogP contribution in [0.5, 0.6) is 0 Å². The summed E-state index contributed by atoms with van der Waals surface area (Å²) < 4.78 is 4.86. The van der Waals surface area contributed by atoms with Crippen molar-refractivity contribution in [3.05, 3.63) is 320 Å². The summed E-state index contributed by atoms with van der Waals surface area (Å²) >= 11 is 0. The molecule has 0 bridgehead atoms. The van der Waals surface area contributed by atoms with E-state index in [1.54, 1.807) is 0 Å². The minimum Gasteiger partial charge on any atom is -0.310 e. The second kappa shape index (κ2) is 17.6. The lowest BCUT2D eigenvalue weighted by Gasteiger charge is -2.35. The monoisotopic (exact) mass is 967 g/mol. The van der Waals surface area contributed by atoms with Crippen LogP contribution < -0.4 is 4.90 Å². The van der Waals surface area contributed by atoms with Crippen LogP contribution in [0.1, 0.15) is 22.3 Å². The first-order valence-electron chi connectivity index (χ1n) is 26.3. The zero-order chi connectivity index (χ0) is 50.2. The number of para-hydroxylation sites is 5. The molecule has 76 heavy (non-hydrogen) atoms. The fourth-order valence-corrected chi connectivity index (χ4v) is 12.7. The molecule has 3 heteroatoms. The van der Waals surface area contributed by atoms with Crippen LogP contribution in [0.3, 0.4) is 0 Å². The Balaban J connectivity index is 0.916. The fourth-order valence-electron chi connectivity index (χ4n) is 12.7. The van der Waals surface area contributed by atoms with Crippen molar-refractivity contribution in [1.82, 2.24) is 9.13 Å². The molecular weight excluding hydrogens is 919 g/mol. The van der Waals surface area contributed by atoms with Gasteiger partial charge in [0.05, 0.1) is 27.5 Å². The molecule has 0 fully saturated rings. The van der Waals surface area contributed by atoms with Gasteiger partial charge < -0.3 is 14.0 Å². The third-order valence-electron chi connectivity index (χ3n) is 16.0. The highest BCUT2D eigenvalue weighted by Crippen LogP contribution is 2.57. The van der Waals surface area contributed by atoms with Crippen LogP contribution in [-0.2, 0) is 5.41 Å². The maximum atomic E-state index is 2.46. The van der Waals surface area contributed by atoms with Crippen LogP contribution in [0.15, 0.2) is 297 Å². The normalized spacial score (nSPS) is 12.6. The molecule has 0 unspecified atom stereocenters. The van der Waals surface area contributed by atoms with E-state index in [0.29, 0.717) is 0 Å². The zero-order valence-corrected chi connectivity index (χ0v) is 41.6. The summed E-state index contributed by atoms with van der Waals surface area (Å²) in [6, 6.07) is 109. The van der Waals surface area contributed by atoms with Crippen molar-refractivity contribution in [1.29, 1.82) is 0 Å². The molecule has 3 nitrogen and oxygen atoms in total. The SMILES string of the molecule is c1ccc(N(c2ccc(-c3cc(-c4ccc5c(c4)c4ccccc4n5-c4ccccc4)c4c(c3)c3ccccc3n4-c3ccccc3)cc2)c2ccc3c(c2)C(c2ccccc2)(c2ccccc2)c2ccccc2-3)cc1. The predicted octanol–water partition coefficient (Wildman–Crippen LogP) is 19.0. The number of hydrogen-bond donors (Lipinski definition) is 0. The molecule has 0 N–H and O–H groups in total. The van der Waals surface area contributed by atoms with E-state index in [2.05, 4.69) is 311 Å². The molecule has 0 aliphatic heterocycles. The second-order valence-corrected chi connectivity index (χ2v) is 20.0. The molecule has 14 aromatic rings. The summed E-state index contributed by atoms with van der Waals surface area (Å²) in [5.74, 6) is 0. The van der Waals surface area contributed by atoms with Crippen LogP contribution in [0.25, 0.3) is 88.4 Å². The Morgan fingerprint density at radius 1 is 0.263 bits per heavy atom. The lowest BCUT2D eigenvalue weighted by Crippen LogP contribution is -2.28. The lowest BCUT2D eigenvalue weighted by molar-refractivity contribution is 0.768. The van der Waals surface area contributed by atoms with Crippen molar-refractivity contribution in [2.75, 3.05) is 4.90 Å². The van der Waals surface area contributed by atoms with Gasteiger partial charge in [0.2, 0.25) is 0 Å². The van der Waals surface area contributed by atoms with E-state index in [1.165, 1.54) is 88.1 Å². The van der Waals surface area contributed by atoms with Gasteiger partial charge in [0.15, 0.2) is 0 Å². The first-order valence-corrected chi connectivity index (χ1v) is 26.3. The first-order chi connectivity index (χ1) is 37.7. The Morgan fingerprint density at radius 2 is 0.737 bits per heavy atom. The Labute approximate surface area is 442 Å². The molecule has 2 aromatic heterocycles. The standard InChI is InChI=1S/C73H49N3/c1-6-22-53(23-7-1)73(54-24-8-2-9-25-54)67-35-19-16-32-60(67)61-44-43-59(49-68(61)73)74(55-26-10-3-11-27-55)58-41-38-50(39-42-58)52-47-64(72-66(48-52)63-34-18-21-37-70(63)76(72)57-30-14-5-15-31-57)51-40-45-71-65(46-51)62-33-17-20-36-69(62)75(71)56-28-12-4-13-29-56/h1-49H. The number of rotatable bonds is 9. The second-order valence-electron chi connectivity index (χ2n) is 20.0. The Bertz CT molecular complexity index is 4440. The minimum atomic E-state index is -0.514. The molecule has 2 heterocycles. The molecule has 0 amide bonds. The van der Waals surface area contributed by atoms with Crippen molar-refractivity contribution in [3.8, 4) is 44.8 Å². The molecule has 0 spiro atoms. The Hall–Kier alpha value is -9.96. The molecule has 0 saturated carbocycles. The Morgan fingerprint density at radius 3 is 1.41 bits per heavy atom. The maximum absolute atomic E-state index is 2.46. The van der Waals surface area contributed by atoms with Gasteiger partial charge in [0.1, 0.15) is 0 Å². The van der Waals surface area contributed by atoms with Crippen LogP contribution in [-0.4, -0.2) is 9.13 Å². The maximum Gasteiger partial charge on any atom is 0.0714 e. The van der Waals surface area contributed by atoms with Gasteiger partial charge in [0.25, 0.3) is 0 Å². The van der Waals surface area contributed by atoms with Gasteiger partial charge in [-0.3, -0.25) is 0 Å². The lowest BCUT2D eigenvalue weighted by atomic mass is 9.67. The summed E-state index contributed by atoms with van der Waals surface area (Å²) in [6.45, 7) is 0. The zero-order valence-electron chi connectivity index (χ0n) is 41.6. The van der Waals surface area contributed by atoms with Gasteiger partial charge in [-0.15, -0.1) is 0 Å². The van der Waals surface area contributed by atoms with Crippen LogP contribution in [0, 0.1) is 0 Å². The van der Waals surface area contributed by atoms with E-state index in [-0.39, 0.29) is 0 Å². The van der Waals surface area contributed by atoms with E-state index in [1.807, 2.05) is 0 Å². The highest BCUT2D eigenvalue weighted by Gasteiger charge is 2.46. The topological polar surface area (TPSA) is 13.1 Å². The van der Waals surface area contributed by atoms with E-state index >= 15 is 0 Å². The van der Waals surface area contributed by atoms with Crippen LogP contribution in [0.4, 0.5) is 17.1 Å². The van der Waals surface area contributed by atoms with Crippen molar-refractivity contribution in [3.63, 3.8) is 0 Å². The molecule has 15 rings (SSSR count). The number of nitrogens with zero attached hydrogens (tertiary/aromatic N) is 3. The highest BCUT2D eigenvalue weighted by atomic mass is 15.1. The van der Waals surface area contributed by atoms with E-state index in [0.717, 1.165) is 39.6 Å². The number of benzene rings is 12. The molecule has 356 valence electrons. The van der Waals surface area contributed by atoms with Crippen molar-refractivity contribution >= 4 is 60.7 Å². The summed E-state index contributed by atoms with van der Waals surface area (Å²) in [4.78, 5) is 2.41. The number of anilines is 3. The summed E-state index contributed by atoms with van der Waals surface area (Å²) in [5, 5.41) is 4.90. The summed E-state index contributed by atoms with van der Waals surface area (Å²) in [5.41, 5.74) is 22.1. The van der Waals surface area contributed by atoms with Gasteiger partial charge >= 0.3 is 0 Å². The molecular formula is C73H49N3. The summed E-state index contributed by atoms with van der Waals surface area (Å²) in [6.07, 6.45) is 0. The van der Waals surface area contributed by atoms with Crippen molar-refractivity contribution in [2.45, 2.75) is 5.41 Å². The van der Waals surface area contributed by atoms with E-state index in [9.17, 15) is 0 Å². The Kier molecular flexibility index (Phi) is 10.1. The molecule has 0 saturated heterocycles. The predicted molar refractivity (Wildman–Crippen MR) is 318 cm³/mol. The highest BCUT2D eigenvalue weighted by molar-refractivity contribution is 6.17. The van der Waals surface area contributed by atoms with Crippen LogP contribution >= 0.6 is 0 Å². The number of hydrogen-bond acceptors (Lipinski definition) is 1. The van der Waals surface area contributed by atoms with Gasteiger partial charge in [-0.05, 0) is 147 Å². The average Bonchev–Trinajstić information content (AvgIpc) is 4.29. The minimum absolute atomic E-state index is 0.514. The van der Waals surface area contributed by atoms with Gasteiger partial charge in [0, 0.05) is 55.5 Å². The molecule has 1 aliphatic rings. The van der Waals surface area contributed by atoms with Gasteiger partial charge in [-0.25, -0.2) is 0 Å². The smallest absolute Gasteiger partial charge is 0.0714 e. The quantitative estimate of drug-likeness (QED) is 0.140. The third-order valence-corrected chi connectivity index (χ3v) is 16.0.